The van der Waals surface area contributed by atoms with Crippen molar-refractivity contribution in [3.05, 3.63) is 35.6 Å². The summed E-state index contributed by atoms with van der Waals surface area (Å²) in [6, 6.07) is 8.37. The number of benzene rings is 1. The fourth-order valence-corrected chi connectivity index (χ4v) is 3.57. The molecular formula is C17H25FN2. The maximum absolute atomic E-state index is 12.9. The molecule has 1 aliphatic heterocycles. The molecule has 3 rings (SSSR count). The normalized spacial score (nSPS) is 31.0. The second-order valence-electron chi connectivity index (χ2n) is 6.32. The van der Waals surface area contributed by atoms with Gasteiger partial charge in [0.25, 0.3) is 0 Å². The van der Waals surface area contributed by atoms with E-state index in [1.165, 1.54) is 50.9 Å². The molecule has 0 spiro atoms. The Morgan fingerprint density at radius 1 is 1.20 bits per heavy atom. The van der Waals surface area contributed by atoms with Crippen LogP contribution in [0.25, 0.3) is 0 Å². The van der Waals surface area contributed by atoms with E-state index < -0.39 is 0 Å². The van der Waals surface area contributed by atoms with Gasteiger partial charge in [0.15, 0.2) is 0 Å². The van der Waals surface area contributed by atoms with Gasteiger partial charge in [-0.25, -0.2) is 4.39 Å². The molecule has 1 atom stereocenters. The van der Waals surface area contributed by atoms with Crippen LogP contribution >= 0.6 is 0 Å². The minimum atomic E-state index is -0.135. The van der Waals surface area contributed by atoms with Crippen LogP contribution in [0.1, 0.15) is 44.1 Å². The molecule has 110 valence electrons. The second kappa shape index (κ2) is 6.23. The minimum absolute atomic E-state index is 0.135. The molecule has 2 aliphatic rings. The van der Waals surface area contributed by atoms with Crippen LogP contribution in [0.2, 0.25) is 0 Å². The Morgan fingerprint density at radius 2 is 1.95 bits per heavy atom. The zero-order chi connectivity index (χ0) is 13.9. The Kier molecular flexibility index (Phi) is 4.37. The van der Waals surface area contributed by atoms with E-state index in [4.69, 9.17) is 0 Å². The number of likely N-dealkylation sites (tertiary alicyclic amines) is 1. The summed E-state index contributed by atoms with van der Waals surface area (Å²) in [5.74, 6) is 0.489. The number of piperidine rings is 1. The summed E-state index contributed by atoms with van der Waals surface area (Å²) in [6.07, 6.45) is 5.04. The van der Waals surface area contributed by atoms with Crippen LogP contribution in [0.4, 0.5) is 4.39 Å². The molecule has 0 radical (unpaired) electrons. The van der Waals surface area contributed by atoms with Gasteiger partial charge in [0.1, 0.15) is 5.82 Å². The van der Waals surface area contributed by atoms with Gasteiger partial charge in [-0.05, 0) is 62.4 Å². The zero-order valence-electron chi connectivity index (χ0n) is 12.3. The van der Waals surface area contributed by atoms with Gasteiger partial charge in [-0.2, -0.15) is 0 Å². The molecule has 1 N–H and O–H groups in total. The van der Waals surface area contributed by atoms with Crippen LogP contribution in [0.5, 0.6) is 0 Å². The third-order valence-corrected chi connectivity index (χ3v) is 4.90. The van der Waals surface area contributed by atoms with Crippen LogP contribution in [-0.4, -0.2) is 36.6 Å². The van der Waals surface area contributed by atoms with E-state index in [-0.39, 0.29) is 5.82 Å². The lowest BCUT2D eigenvalue weighted by Gasteiger charge is -2.41. The molecule has 3 heteroatoms. The molecule has 20 heavy (non-hydrogen) atoms. The summed E-state index contributed by atoms with van der Waals surface area (Å²) in [7, 11) is 0. The van der Waals surface area contributed by atoms with Crippen molar-refractivity contribution < 1.29 is 4.39 Å². The predicted octanol–water partition coefficient (Wildman–Crippen LogP) is 3.15. The fraction of sp³-hybridized carbons (Fsp3) is 0.647. The lowest BCUT2D eigenvalue weighted by molar-refractivity contribution is 0.167. The Hall–Kier alpha value is -0.930. The Morgan fingerprint density at radius 3 is 2.65 bits per heavy atom. The monoisotopic (exact) mass is 276 g/mol. The van der Waals surface area contributed by atoms with Gasteiger partial charge in [-0.3, -0.25) is 0 Å². The van der Waals surface area contributed by atoms with E-state index in [0.29, 0.717) is 18.0 Å². The lowest BCUT2D eigenvalue weighted by Crippen LogP contribution is -2.52. The highest BCUT2D eigenvalue weighted by Crippen LogP contribution is 2.37. The predicted molar refractivity (Wildman–Crippen MR) is 80.4 cm³/mol. The van der Waals surface area contributed by atoms with Crippen LogP contribution in [0.3, 0.4) is 0 Å². The van der Waals surface area contributed by atoms with Crippen molar-refractivity contribution in [1.29, 1.82) is 0 Å². The molecule has 1 unspecified atom stereocenters. The van der Waals surface area contributed by atoms with Crippen molar-refractivity contribution in [3.63, 3.8) is 0 Å². The summed E-state index contributed by atoms with van der Waals surface area (Å²) >= 11 is 0. The molecule has 2 nitrogen and oxygen atoms in total. The molecule has 1 saturated heterocycles. The summed E-state index contributed by atoms with van der Waals surface area (Å²) in [4.78, 5) is 2.54. The van der Waals surface area contributed by atoms with Crippen molar-refractivity contribution in [3.8, 4) is 0 Å². The van der Waals surface area contributed by atoms with E-state index in [1.807, 2.05) is 12.1 Å². The highest BCUT2D eigenvalue weighted by Gasteiger charge is 2.32. The topological polar surface area (TPSA) is 15.3 Å². The molecular weight excluding hydrogens is 251 g/mol. The van der Waals surface area contributed by atoms with Crippen molar-refractivity contribution in [1.82, 2.24) is 10.2 Å². The number of likely N-dealkylation sites (N-methyl/N-ethyl adjacent to an activating group) is 1. The van der Waals surface area contributed by atoms with Crippen molar-refractivity contribution in [2.75, 3.05) is 19.6 Å². The average molecular weight is 276 g/mol. The lowest BCUT2D eigenvalue weighted by atomic mass is 9.75. The smallest absolute Gasteiger partial charge is 0.123 e. The van der Waals surface area contributed by atoms with E-state index in [0.717, 1.165) is 0 Å². The van der Waals surface area contributed by atoms with E-state index in [1.54, 1.807) is 12.1 Å². The van der Waals surface area contributed by atoms with Gasteiger partial charge in [-0.1, -0.05) is 19.1 Å². The molecule has 1 aromatic rings. The van der Waals surface area contributed by atoms with Gasteiger partial charge in [-0.15, -0.1) is 0 Å². The van der Waals surface area contributed by atoms with Crippen LogP contribution in [0.15, 0.2) is 24.3 Å². The highest BCUT2D eigenvalue weighted by molar-refractivity contribution is 5.23. The standard InChI is InChI=1S/C17H25FN2/c1-2-20-9-3-4-16(12-20)19-17-10-14(11-17)13-5-7-15(18)8-6-13/h5-8,14,16-17,19H,2-4,9-12H2,1H3. The maximum atomic E-state index is 12.9. The molecule has 1 aliphatic carbocycles. The van der Waals surface area contributed by atoms with E-state index >= 15 is 0 Å². The first-order chi connectivity index (χ1) is 9.74. The molecule has 1 saturated carbocycles. The Balaban J connectivity index is 1.45. The van der Waals surface area contributed by atoms with Crippen molar-refractivity contribution >= 4 is 0 Å². The third-order valence-electron chi connectivity index (χ3n) is 4.90. The summed E-state index contributed by atoms with van der Waals surface area (Å²) in [5, 5.41) is 3.81. The molecule has 0 bridgehead atoms. The van der Waals surface area contributed by atoms with Gasteiger partial charge in [0, 0.05) is 18.6 Å². The van der Waals surface area contributed by atoms with Gasteiger partial charge >= 0.3 is 0 Å². The number of halogens is 1. The quantitative estimate of drug-likeness (QED) is 0.909. The number of nitrogens with zero attached hydrogens (tertiary/aromatic N) is 1. The highest BCUT2D eigenvalue weighted by atomic mass is 19.1. The van der Waals surface area contributed by atoms with Crippen LogP contribution in [0, 0.1) is 5.82 Å². The average Bonchev–Trinajstić information content (AvgIpc) is 2.44. The SMILES string of the molecule is CCN1CCCC(NC2CC(c3ccc(F)cc3)C2)C1. The first-order valence-electron chi connectivity index (χ1n) is 7.98. The molecule has 1 aromatic carbocycles. The number of hydrogen-bond acceptors (Lipinski definition) is 2. The number of hydrogen-bond donors (Lipinski definition) is 1. The first kappa shape index (κ1) is 14.0. The van der Waals surface area contributed by atoms with E-state index in [2.05, 4.69) is 17.1 Å². The van der Waals surface area contributed by atoms with Gasteiger partial charge in [0.2, 0.25) is 0 Å². The van der Waals surface area contributed by atoms with E-state index in [9.17, 15) is 4.39 Å². The summed E-state index contributed by atoms with van der Waals surface area (Å²) in [5.41, 5.74) is 1.29. The van der Waals surface area contributed by atoms with Crippen molar-refractivity contribution in [2.24, 2.45) is 0 Å². The molecule has 0 aromatic heterocycles. The maximum Gasteiger partial charge on any atom is 0.123 e. The van der Waals surface area contributed by atoms with Gasteiger partial charge in [0.05, 0.1) is 0 Å². The largest absolute Gasteiger partial charge is 0.310 e. The summed E-state index contributed by atoms with van der Waals surface area (Å²) < 4.78 is 12.9. The van der Waals surface area contributed by atoms with Crippen LogP contribution < -0.4 is 5.32 Å². The number of rotatable bonds is 4. The Bertz CT molecular complexity index is 425. The van der Waals surface area contributed by atoms with Gasteiger partial charge < -0.3 is 10.2 Å². The second-order valence-corrected chi connectivity index (χ2v) is 6.32. The first-order valence-corrected chi connectivity index (χ1v) is 7.98. The summed E-state index contributed by atoms with van der Waals surface area (Å²) in [6.45, 7) is 5.88. The minimum Gasteiger partial charge on any atom is -0.310 e. The number of nitrogens with one attached hydrogen (secondary N) is 1. The molecule has 2 fully saturated rings. The molecule has 0 amide bonds. The Labute approximate surface area is 121 Å². The van der Waals surface area contributed by atoms with Crippen LogP contribution in [-0.2, 0) is 0 Å². The molecule has 1 heterocycles. The van der Waals surface area contributed by atoms with Crippen molar-refractivity contribution in [2.45, 2.75) is 50.6 Å². The third kappa shape index (κ3) is 3.21. The zero-order valence-corrected chi connectivity index (χ0v) is 12.3. The fourth-order valence-electron chi connectivity index (χ4n) is 3.57.